The lowest BCUT2D eigenvalue weighted by molar-refractivity contribution is 0.208. The van der Waals surface area contributed by atoms with Gasteiger partial charge in [0.25, 0.3) is 0 Å². The summed E-state index contributed by atoms with van der Waals surface area (Å²) in [6, 6.07) is 6.52. The molecule has 1 aromatic carbocycles. The Morgan fingerprint density at radius 3 is 2.65 bits per heavy atom. The van der Waals surface area contributed by atoms with Crippen molar-refractivity contribution in [2.75, 3.05) is 13.1 Å². The summed E-state index contributed by atoms with van der Waals surface area (Å²) in [5.74, 6) is 0. The van der Waals surface area contributed by atoms with E-state index in [0.717, 1.165) is 37.1 Å². The number of aryl methyl sites for hydroxylation is 2. The summed E-state index contributed by atoms with van der Waals surface area (Å²) in [6.45, 7) is 6.57. The van der Waals surface area contributed by atoms with E-state index in [9.17, 15) is 4.79 Å². The molecule has 4 heteroatoms. The molecule has 20 heavy (non-hydrogen) atoms. The lowest BCUT2D eigenvalue weighted by Crippen LogP contribution is -2.37. The van der Waals surface area contributed by atoms with Crippen LogP contribution in [-0.4, -0.2) is 29.0 Å². The lowest BCUT2D eigenvalue weighted by Gasteiger charge is -2.15. The molecular formula is C16H21N3O. The number of carbonyl (C=O) groups excluding carboxylic acids is 1. The molecule has 0 unspecified atom stereocenters. The van der Waals surface area contributed by atoms with Gasteiger partial charge in [0.05, 0.1) is 6.54 Å². The number of H-pyrrole nitrogens is 1. The molecule has 106 valence electrons. The van der Waals surface area contributed by atoms with Crippen molar-refractivity contribution >= 4 is 16.9 Å². The summed E-state index contributed by atoms with van der Waals surface area (Å²) >= 11 is 0. The number of nitrogens with zero attached hydrogens (tertiary/aromatic N) is 1. The standard InChI is InChI=1S/C16H21N3O/c1-11-7-13-9-14(18-15(13)8-12(11)2)10-17-16(20)19-5-3-4-6-19/h7-9,18H,3-6,10H2,1-2H3,(H,17,20). The number of hydrogen-bond acceptors (Lipinski definition) is 1. The van der Waals surface area contributed by atoms with Gasteiger partial charge in [-0.1, -0.05) is 0 Å². The number of benzene rings is 1. The minimum Gasteiger partial charge on any atom is -0.357 e. The summed E-state index contributed by atoms with van der Waals surface area (Å²) in [6.07, 6.45) is 2.25. The Kier molecular flexibility index (Phi) is 3.38. The number of aromatic nitrogens is 1. The summed E-state index contributed by atoms with van der Waals surface area (Å²) in [7, 11) is 0. The third-order valence-corrected chi connectivity index (χ3v) is 4.11. The Hall–Kier alpha value is -1.97. The number of fused-ring (bicyclic) bond motifs is 1. The van der Waals surface area contributed by atoms with Gasteiger partial charge in [0.2, 0.25) is 0 Å². The first kappa shape index (κ1) is 13.0. The maximum atomic E-state index is 11.9. The van der Waals surface area contributed by atoms with Crippen LogP contribution in [0.2, 0.25) is 0 Å². The summed E-state index contributed by atoms with van der Waals surface area (Å²) < 4.78 is 0. The molecular weight excluding hydrogens is 250 g/mol. The average molecular weight is 271 g/mol. The first-order valence-electron chi connectivity index (χ1n) is 7.25. The molecule has 2 heterocycles. The fourth-order valence-electron chi connectivity index (χ4n) is 2.76. The lowest BCUT2D eigenvalue weighted by atomic mass is 10.1. The number of rotatable bonds is 2. The summed E-state index contributed by atoms with van der Waals surface area (Å²) in [4.78, 5) is 17.2. The van der Waals surface area contributed by atoms with Crippen LogP contribution in [-0.2, 0) is 6.54 Å². The van der Waals surface area contributed by atoms with Crippen molar-refractivity contribution < 1.29 is 4.79 Å². The molecule has 0 radical (unpaired) electrons. The molecule has 4 nitrogen and oxygen atoms in total. The second-order valence-electron chi connectivity index (χ2n) is 5.67. The number of hydrogen-bond donors (Lipinski definition) is 2. The fraction of sp³-hybridized carbons (Fsp3) is 0.438. The van der Waals surface area contributed by atoms with Crippen molar-refractivity contribution in [1.29, 1.82) is 0 Å². The Balaban J connectivity index is 1.69. The van der Waals surface area contributed by atoms with Gasteiger partial charge in [-0.3, -0.25) is 0 Å². The van der Waals surface area contributed by atoms with Gasteiger partial charge < -0.3 is 15.2 Å². The van der Waals surface area contributed by atoms with Crippen LogP contribution in [0.5, 0.6) is 0 Å². The van der Waals surface area contributed by atoms with Crippen LogP contribution >= 0.6 is 0 Å². The van der Waals surface area contributed by atoms with E-state index >= 15 is 0 Å². The summed E-state index contributed by atoms with van der Waals surface area (Å²) in [5, 5.41) is 4.19. The van der Waals surface area contributed by atoms with Crippen molar-refractivity contribution in [1.82, 2.24) is 15.2 Å². The molecule has 2 amide bonds. The predicted molar refractivity (Wildman–Crippen MR) is 80.8 cm³/mol. The molecule has 2 aromatic rings. The predicted octanol–water partition coefficient (Wildman–Crippen LogP) is 3.09. The monoisotopic (exact) mass is 271 g/mol. The Bertz CT molecular complexity index is 599. The van der Waals surface area contributed by atoms with Crippen molar-refractivity contribution in [2.45, 2.75) is 33.2 Å². The second kappa shape index (κ2) is 5.19. The third-order valence-electron chi connectivity index (χ3n) is 4.11. The smallest absolute Gasteiger partial charge is 0.317 e. The highest BCUT2D eigenvalue weighted by atomic mass is 16.2. The van der Waals surface area contributed by atoms with E-state index in [4.69, 9.17) is 0 Å². The van der Waals surface area contributed by atoms with Crippen LogP contribution in [0.4, 0.5) is 4.79 Å². The summed E-state index contributed by atoms with van der Waals surface area (Å²) in [5.41, 5.74) is 4.77. The van der Waals surface area contributed by atoms with Gasteiger partial charge in [-0.25, -0.2) is 4.79 Å². The molecule has 1 saturated heterocycles. The molecule has 0 saturated carbocycles. The van der Waals surface area contributed by atoms with Crippen LogP contribution in [0.25, 0.3) is 10.9 Å². The first-order valence-corrected chi connectivity index (χ1v) is 7.25. The minimum absolute atomic E-state index is 0.0496. The van der Waals surface area contributed by atoms with Crippen molar-refractivity contribution in [3.05, 3.63) is 35.0 Å². The fourth-order valence-corrected chi connectivity index (χ4v) is 2.76. The molecule has 1 aliphatic rings. The maximum absolute atomic E-state index is 11.9. The highest BCUT2D eigenvalue weighted by molar-refractivity contribution is 5.82. The highest BCUT2D eigenvalue weighted by Crippen LogP contribution is 2.20. The van der Waals surface area contributed by atoms with E-state index in [1.807, 2.05) is 4.90 Å². The van der Waals surface area contributed by atoms with E-state index in [-0.39, 0.29) is 6.03 Å². The van der Waals surface area contributed by atoms with E-state index in [1.165, 1.54) is 16.5 Å². The van der Waals surface area contributed by atoms with Crippen LogP contribution in [0.15, 0.2) is 18.2 Å². The molecule has 3 rings (SSSR count). The van der Waals surface area contributed by atoms with Gasteiger partial charge in [0.15, 0.2) is 0 Å². The van der Waals surface area contributed by atoms with Crippen molar-refractivity contribution in [3.63, 3.8) is 0 Å². The van der Waals surface area contributed by atoms with Gasteiger partial charge in [-0.05, 0) is 61.4 Å². The number of amides is 2. The van der Waals surface area contributed by atoms with E-state index in [2.05, 4.69) is 42.3 Å². The quantitative estimate of drug-likeness (QED) is 0.866. The molecule has 1 aliphatic heterocycles. The van der Waals surface area contributed by atoms with Crippen LogP contribution in [0.1, 0.15) is 29.7 Å². The molecule has 1 aromatic heterocycles. The molecule has 0 spiro atoms. The zero-order valence-electron chi connectivity index (χ0n) is 12.1. The number of aromatic amines is 1. The molecule has 2 N–H and O–H groups in total. The van der Waals surface area contributed by atoms with E-state index in [1.54, 1.807) is 0 Å². The third kappa shape index (κ3) is 2.50. The van der Waals surface area contributed by atoms with Gasteiger partial charge >= 0.3 is 6.03 Å². The molecule has 1 fully saturated rings. The number of likely N-dealkylation sites (tertiary alicyclic amines) is 1. The maximum Gasteiger partial charge on any atom is 0.317 e. The molecule has 0 aliphatic carbocycles. The van der Waals surface area contributed by atoms with Crippen LogP contribution in [0, 0.1) is 13.8 Å². The van der Waals surface area contributed by atoms with Crippen LogP contribution in [0.3, 0.4) is 0 Å². The average Bonchev–Trinajstić information content (AvgIpc) is 3.05. The second-order valence-corrected chi connectivity index (χ2v) is 5.67. The highest BCUT2D eigenvalue weighted by Gasteiger charge is 2.17. The Labute approximate surface area is 119 Å². The largest absolute Gasteiger partial charge is 0.357 e. The Morgan fingerprint density at radius 2 is 1.90 bits per heavy atom. The van der Waals surface area contributed by atoms with Crippen molar-refractivity contribution in [3.8, 4) is 0 Å². The first-order chi connectivity index (χ1) is 9.63. The number of nitrogens with one attached hydrogen (secondary N) is 2. The van der Waals surface area contributed by atoms with E-state index in [0.29, 0.717) is 6.54 Å². The minimum atomic E-state index is 0.0496. The zero-order valence-corrected chi connectivity index (χ0v) is 12.1. The van der Waals surface area contributed by atoms with Gasteiger partial charge in [0.1, 0.15) is 0 Å². The SMILES string of the molecule is Cc1cc2cc(CNC(=O)N3CCCC3)[nH]c2cc1C. The number of carbonyl (C=O) groups is 1. The van der Waals surface area contributed by atoms with Crippen molar-refractivity contribution in [2.24, 2.45) is 0 Å². The topological polar surface area (TPSA) is 48.1 Å². The zero-order chi connectivity index (χ0) is 14.1. The van der Waals surface area contributed by atoms with E-state index < -0.39 is 0 Å². The van der Waals surface area contributed by atoms with Gasteiger partial charge in [-0.2, -0.15) is 0 Å². The normalized spacial score (nSPS) is 15.0. The number of urea groups is 1. The molecule has 0 bridgehead atoms. The van der Waals surface area contributed by atoms with Crippen LogP contribution < -0.4 is 5.32 Å². The Morgan fingerprint density at radius 1 is 1.20 bits per heavy atom. The van der Waals surface area contributed by atoms with Gasteiger partial charge in [0, 0.05) is 24.3 Å². The molecule has 0 atom stereocenters. The van der Waals surface area contributed by atoms with Gasteiger partial charge in [-0.15, -0.1) is 0 Å².